The predicted molar refractivity (Wildman–Crippen MR) is 102 cm³/mol. The average molecular weight is 339 g/mol. The van der Waals surface area contributed by atoms with Crippen LogP contribution >= 0.6 is 0 Å². The minimum absolute atomic E-state index is 0.209. The van der Waals surface area contributed by atoms with E-state index in [1.54, 1.807) is 19.1 Å². The van der Waals surface area contributed by atoms with Crippen LogP contribution in [0.15, 0.2) is 49.1 Å². The first-order valence-corrected chi connectivity index (χ1v) is 8.30. The fraction of sp³-hybridized carbons (Fsp3) is 0.286. The third-order valence-corrected chi connectivity index (χ3v) is 3.91. The molecule has 2 rings (SSSR count). The lowest BCUT2D eigenvalue weighted by Gasteiger charge is -2.18. The zero-order chi connectivity index (χ0) is 18.4. The summed E-state index contributed by atoms with van der Waals surface area (Å²) in [6, 6.07) is 11.3. The van der Waals surface area contributed by atoms with E-state index in [9.17, 15) is 4.79 Å². The zero-order valence-corrected chi connectivity index (χ0v) is 15.3. The number of anilines is 1. The summed E-state index contributed by atoms with van der Waals surface area (Å²) in [5.74, 6) is 1.21. The molecule has 2 aromatic rings. The molecule has 0 unspecified atom stereocenters. The highest BCUT2D eigenvalue weighted by atomic mass is 16.5. The van der Waals surface area contributed by atoms with Gasteiger partial charge in [-0.1, -0.05) is 24.8 Å². The van der Waals surface area contributed by atoms with Crippen molar-refractivity contribution >= 4 is 11.6 Å². The monoisotopic (exact) mass is 339 g/mol. The van der Waals surface area contributed by atoms with Crippen LogP contribution < -0.4 is 14.8 Å². The summed E-state index contributed by atoms with van der Waals surface area (Å²) in [4.78, 5) is 12.4. The molecule has 1 N–H and O–H groups in total. The van der Waals surface area contributed by atoms with Gasteiger partial charge in [0.15, 0.2) is 6.10 Å². The highest BCUT2D eigenvalue weighted by Crippen LogP contribution is 2.25. The quantitative estimate of drug-likeness (QED) is 0.751. The number of amides is 1. The molecule has 0 bridgehead atoms. The van der Waals surface area contributed by atoms with Crippen LogP contribution in [0.1, 0.15) is 23.6 Å². The lowest BCUT2D eigenvalue weighted by Crippen LogP contribution is -2.30. The van der Waals surface area contributed by atoms with Crippen LogP contribution in [0, 0.1) is 20.8 Å². The van der Waals surface area contributed by atoms with Gasteiger partial charge in [-0.15, -0.1) is 0 Å². The number of aryl methyl sites for hydroxylation is 2. The van der Waals surface area contributed by atoms with Crippen LogP contribution in [0.3, 0.4) is 0 Å². The number of benzene rings is 2. The number of rotatable bonds is 7. The molecule has 1 atom stereocenters. The average Bonchev–Trinajstić information content (AvgIpc) is 2.57. The largest absolute Gasteiger partial charge is 0.489 e. The third kappa shape index (κ3) is 5.11. The van der Waals surface area contributed by atoms with Crippen molar-refractivity contribution in [2.75, 3.05) is 11.9 Å². The first kappa shape index (κ1) is 18.6. The summed E-state index contributed by atoms with van der Waals surface area (Å²) >= 11 is 0. The molecule has 0 aromatic heterocycles. The van der Waals surface area contributed by atoms with Crippen molar-refractivity contribution in [1.82, 2.24) is 0 Å². The van der Waals surface area contributed by atoms with Crippen LogP contribution in [-0.2, 0) is 4.79 Å². The van der Waals surface area contributed by atoms with E-state index in [4.69, 9.17) is 9.47 Å². The molecule has 4 nitrogen and oxygen atoms in total. The van der Waals surface area contributed by atoms with Gasteiger partial charge in [-0.2, -0.15) is 0 Å². The lowest BCUT2D eigenvalue weighted by molar-refractivity contribution is -0.122. The summed E-state index contributed by atoms with van der Waals surface area (Å²) in [6.07, 6.45) is 1.06. The van der Waals surface area contributed by atoms with Crippen molar-refractivity contribution in [2.45, 2.75) is 33.8 Å². The number of hydrogen-bond acceptors (Lipinski definition) is 3. The minimum atomic E-state index is -0.613. The Kier molecular flexibility index (Phi) is 6.23. The van der Waals surface area contributed by atoms with Crippen molar-refractivity contribution in [2.24, 2.45) is 0 Å². The van der Waals surface area contributed by atoms with Crippen molar-refractivity contribution in [3.63, 3.8) is 0 Å². The molecule has 132 valence electrons. The number of carbonyl (C=O) groups is 1. The summed E-state index contributed by atoms with van der Waals surface area (Å²) in [6.45, 7) is 11.8. The summed E-state index contributed by atoms with van der Waals surface area (Å²) in [7, 11) is 0. The van der Waals surface area contributed by atoms with E-state index in [1.165, 1.54) is 0 Å². The molecule has 0 saturated carbocycles. The van der Waals surface area contributed by atoms with E-state index in [-0.39, 0.29) is 5.91 Å². The van der Waals surface area contributed by atoms with E-state index in [2.05, 4.69) is 18.0 Å². The fourth-order valence-electron chi connectivity index (χ4n) is 2.43. The fourth-order valence-corrected chi connectivity index (χ4v) is 2.43. The molecule has 0 fully saturated rings. The van der Waals surface area contributed by atoms with Gasteiger partial charge in [0.1, 0.15) is 18.1 Å². The van der Waals surface area contributed by atoms with Gasteiger partial charge in [-0.05, 0) is 62.6 Å². The molecular weight excluding hydrogens is 314 g/mol. The Bertz CT molecular complexity index is 768. The van der Waals surface area contributed by atoms with Gasteiger partial charge in [0, 0.05) is 11.8 Å². The Morgan fingerprint density at radius 2 is 2.00 bits per heavy atom. The normalized spacial score (nSPS) is 11.5. The maximum Gasteiger partial charge on any atom is 0.265 e. The molecule has 25 heavy (non-hydrogen) atoms. The number of nitrogens with one attached hydrogen (secondary N) is 1. The number of ether oxygens (including phenoxy) is 2. The standard InChI is InChI=1S/C21H25NO3/c1-6-10-24-19-9-7-8-18(13-19)22-21(23)17(5)25-20-12-14(2)11-15(3)16(20)4/h6-9,11-13,17H,1,10H2,2-5H3,(H,22,23)/t17-/m1/s1. The van der Waals surface area contributed by atoms with Gasteiger partial charge in [-0.25, -0.2) is 0 Å². The van der Waals surface area contributed by atoms with Crippen LogP contribution in [-0.4, -0.2) is 18.6 Å². The van der Waals surface area contributed by atoms with Crippen LogP contribution in [0.4, 0.5) is 5.69 Å². The maximum atomic E-state index is 12.4. The SMILES string of the molecule is C=CCOc1cccc(NC(=O)[C@@H](C)Oc2cc(C)cc(C)c2C)c1. The minimum Gasteiger partial charge on any atom is -0.489 e. The third-order valence-electron chi connectivity index (χ3n) is 3.91. The molecule has 0 heterocycles. The van der Waals surface area contributed by atoms with Gasteiger partial charge in [-0.3, -0.25) is 4.79 Å². The molecule has 0 aliphatic heterocycles. The number of carbonyl (C=O) groups excluding carboxylic acids is 1. The van der Waals surface area contributed by atoms with Crippen molar-refractivity contribution in [3.05, 3.63) is 65.7 Å². The van der Waals surface area contributed by atoms with E-state index >= 15 is 0 Å². The second-order valence-corrected chi connectivity index (χ2v) is 6.08. The number of hydrogen-bond donors (Lipinski definition) is 1. The molecule has 2 aromatic carbocycles. The van der Waals surface area contributed by atoms with Gasteiger partial charge in [0.2, 0.25) is 0 Å². The highest BCUT2D eigenvalue weighted by molar-refractivity contribution is 5.94. The first-order valence-electron chi connectivity index (χ1n) is 8.30. The van der Waals surface area contributed by atoms with Crippen LogP contribution in [0.5, 0.6) is 11.5 Å². The van der Waals surface area contributed by atoms with E-state index in [0.29, 0.717) is 18.0 Å². The summed E-state index contributed by atoms with van der Waals surface area (Å²) < 4.78 is 11.4. The van der Waals surface area contributed by atoms with E-state index in [1.807, 2.05) is 45.0 Å². The van der Waals surface area contributed by atoms with Crippen LogP contribution in [0.2, 0.25) is 0 Å². The van der Waals surface area contributed by atoms with Crippen LogP contribution in [0.25, 0.3) is 0 Å². The second kappa shape index (κ2) is 8.38. The molecule has 0 aliphatic carbocycles. The lowest BCUT2D eigenvalue weighted by atomic mass is 10.1. The van der Waals surface area contributed by atoms with Gasteiger partial charge >= 0.3 is 0 Å². The smallest absolute Gasteiger partial charge is 0.265 e. The van der Waals surface area contributed by atoms with Gasteiger partial charge in [0.05, 0.1) is 0 Å². The highest BCUT2D eigenvalue weighted by Gasteiger charge is 2.17. The molecule has 0 saturated heterocycles. The van der Waals surface area contributed by atoms with Gasteiger partial charge < -0.3 is 14.8 Å². The van der Waals surface area contributed by atoms with E-state index in [0.717, 1.165) is 22.4 Å². The summed E-state index contributed by atoms with van der Waals surface area (Å²) in [5.41, 5.74) is 3.97. The molecule has 0 aliphatic rings. The molecule has 0 spiro atoms. The Balaban J connectivity index is 2.04. The topological polar surface area (TPSA) is 47.6 Å². The molecule has 4 heteroatoms. The Labute approximate surface area is 149 Å². The Hall–Kier alpha value is -2.75. The molecular formula is C21H25NO3. The Morgan fingerprint density at radius 3 is 2.72 bits per heavy atom. The predicted octanol–water partition coefficient (Wildman–Crippen LogP) is 4.58. The molecule has 1 amide bonds. The van der Waals surface area contributed by atoms with Crippen molar-refractivity contribution in [1.29, 1.82) is 0 Å². The van der Waals surface area contributed by atoms with Crippen molar-refractivity contribution in [3.8, 4) is 11.5 Å². The first-order chi connectivity index (χ1) is 11.9. The van der Waals surface area contributed by atoms with E-state index < -0.39 is 6.10 Å². The Morgan fingerprint density at radius 1 is 1.24 bits per heavy atom. The molecule has 0 radical (unpaired) electrons. The zero-order valence-electron chi connectivity index (χ0n) is 15.3. The maximum absolute atomic E-state index is 12.4. The summed E-state index contributed by atoms with van der Waals surface area (Å²) in [5, 5.41) is 2.86. The van der Waals surface area contributed by atoms with Gasteiger partial charge in [0.25, 0.3) is 5.91 Å². The van der Waals surface area contributed by atoms with Crippen molar-refractivity contribution < 1.29 is 14.3 Å². The second-order valence-electron chi connectivity index (χ2n) is 6.08.